The van der Waals surface area contributed by atoms with E-state index < -0.39 is 0 Å². The highest BCUT2D eigenvalue weighted by Crippen LogP contribution is 2.18. The zero-order chi connectivity index (χ0) is 17.5. The van der Waals surface area contributed by atoms with E-state index >= 15 is 0 Å². The van der Waals surface area contributed by atoms with Gasteiger partial charge in [0.2, 0.25) is 5.95 Å². The minimum atomic E-state index is 0.479. The molecule has 2 N–H and O–H groups in total. The van der Waals surface area contributed by atoms with E-state index in [4.69, 9.17) is 16.3 Å². The molecule has 1 aromatic heterocycles. The van der Waals surface area contributed by atoms with Gasteiger partial charge in [0, 0.05) is 17.3 Å². The highest BCUT2D eigenvalue weighted by atomic mass is 35.5. The average molecular weight is 356 g/mol. The lowest BCUT2D eigenvalue weighted by Gasteiger charge is -2.08. The monoisotopic (exact) mass is 355 g/mol. The molecule has 7 heteroatoms. The van der Waals surface area contributed by atoms with Crippen molar-refractivity contribution in [3.63, 3.8) is 0 Å². The van der Waals surface area contributed by atoms with E-state index in [1.165, 1.54) is 5.56 Å². The van der Waals surface area contributed by atoms with E-state index in [0.29, 0.717) is 18.3 Å². The van der Waals surface area contributed by atoms with E-state index in [1.807, 2.05) is 48.5 Å². The lowest BCUT2D eigenvalue weighted by atomic mass is 10.1. The molecular weight excluding hydrogens is 338 g/mol. The van der Waals surface area contributed by atoms with Gasteiger partial charge in [0.15, 0.2) is 5.82 Å². The molecule has 0 unspecified atom stereocenters. The second-order valence-electron chi connectivity index (χ2n) is 5.32. The first-order valence-corrected chi connectivity index (χ1v) is 8.20. The van der Waals surface area contributed by atoms with Gasteiger partial charge in [-0.05, 0) is 48.4 Å². The molecule has 128 valence electrons. The molecule has 0 aliphatic heterocycles. The van der Waals surface area contributed by atoms with Crippen LogP contribution >= 0.6 is 11.6 Å². The molecule has 1 heterocycles. The predicted octanol–water partition coefficient (Wildman–Crippen LogP) is 3.93. The van der Waals surface area contributed by atoms with Crippen LogP contribution in [0.2, 0.25) is 5.02 Å². The second kappa shape index (κ2) is 8.30. The lowest BCUT2D eigenvalue weighted by molar-refractivity contribution is 0.415. The minimum absolute atomic E-state index is 0.479. The van der Waals surface area contributed by atoms with E-state index in [2.05, 4.69) is 25.8 Å². The molecule has 0 aliphatic rings. The van der Waals surface area contributed by atoms with E-state index in [9.17, 15) is 0 Å². The number of nitrogens with zero attached hydrogens (tertiary/aromatic N) is 3. The average Bonchev–Trinajstić information content (AvgIpc) is 2.64. The van der Waals surface area contributed by atoms with Gasteiger partial charge in [-0.25, -0.2) is 0 Å². The van der Waals surface area contributed by atoms with Crippen molar-refractivity contribution < 1.29 is 4.74 Å². The van der Waals surface area contributed by atoms with Gasteiger partial charge in [-0.2, -0.15) is 10.1 Å². The normalized spacial score (nSPS) is 10.3. The number of hydrogen-bond donors (Lipinski definition) is 2. The van der Waals surface area contributed by atoms with Crippen LogP contribution in [0.15, 0.2) is 54.7 Å². The Balaban J connectivity index is 1.56. The van der Waals surface area contributed by atoms with Crippen molar-refractivity contribution in [2.24, 2.45) is 0 Å². The molecule has 3 aromatic rings. The van der Waals surface area contributed by atoms with Crippen LogP contribution in [0.4, 0.5) is 17.5 Å². The molecule has 6 nitrogen and oxygen atoms in total. The number of aromatic nitrogens is 3. The Bertz CT molecular complexity index is 808. The van der Waals surface area contributed by atoms with Crippen LogP contribution in [0.5, 0.6) is 5.75 Å². The number of hydrogen-bond acceptors (Lipinski definition) is 6. The molecule has 0 saturated heterocycles. The van der Waals surface area contributed by atoms with Crippen molar-refractivity contribution in [2.75, 3.05) is 24.3 Å². The molecule has 0 fully saturated rings. The van der Waals surface area contributed by atoms with E-state index in [0.717, 1.165) is 22.9 Å². The fourth-order valence-electron chi connectivity index (χ4n) is 2.23. The summed E-state index contributed by atoms with van der Waals surface area (Å²) >= 11 is 5.88. The van der Waals surface area contributed by atoms with Crippen LogP contribution in [0.3, 0.4) is 0 Å². The molecular formula is C18H18ClN5O. The first kappa shape index (κ1) is 17.0. The number of methoxy groups -OCH3 is 1. The zero-order valence-corrected chi connectivity index (χ0v) is 14.5. The second-order valence-corrected chi connectivity index (χ2v) is 5.76. The molecule has 0 saturated carbocycles. The largest absolute Gasteiger partial charge is 0.497 e. The Hall–Kier alpha value is -2.86. The number of benzene rings is 2. The van der Waals surface area contributed by atoms with Gasteiger partial charge in [-0.1, -0.05) is 23.7 Å². The maximum Gasteiger partial charge on any atom is 0.244 e. The highest BCUT2D eigenvalue weighted by Gasteiger charge is 2.02. The van der Waals surface area contributed by atoms with Crippen molar-refractivity contribution >= 4 is 29.1 Å². The predicted molar refractivity (Wildman–Crippen MR) is 99.7 cm³/mol. The number of anilines is 3. The summed E-state index contributed by atoms with van der Waals surface area (Å²) < 4.78 is 5.14. The molecule has 2 aromatic carbocycles. The standard InChI is InChI=1S/C18H18ClN5O/c1-25-16-8-6-15(7-9-16)22-17-12-21-24-18(23-17)20-11-10-13-2-4-14(19)5-3-13/h2-9,12H,10-11H2,1H3,(H2,20,22,23,24). The summed E-state index contributed by atoms with van der Waals surface area (Å²) in [6.07, 6.45) is 2.42. The Morgan fingerprint density at radius 1 is 1.04 bits per heavy atom. The topological polar surface area (TPSA) is 72.0 Å². The number of rotatable bonds is 7. The maximum atomic E-state index is 5.88. The zero-order valence-electron chi connectivity index (χ0n) is 13.7. The van der Waals surface area contributed by atoms with Crippen LogP contribution in [0.1, 0.15) is 5.56 Å². The van der Waals surface area contributed by atoms with Gasteiger partial charge in [-0.3, -0.25) is 0 Å². The Morgan fingerprint density at radius 2 is 1.80 bits per heavy atom. The summed E-state index contributed by atoms with van der Waals surface area (Å²) in [7, 11) is 1.64. The Labute approximate surface area is 151 Å². The third kappa shape index (κ3) is 5.06. The third-order valence-electron chi connectivity index (χ3n) is 3.53. The minimum Gasteiger partial charge on any atom is -0.497 e. The van der Waals surface area contributed by atoms with Crippen LogP contribution in [0.25, 0.3) is 0 Å². The molecule has 0 aliphatic carbocycles. The van der Waals surface area contributed by atoms with Crippen LogP contribution < -0.4 is 15.4 Å². The summed E-state index contributed by atoms with van der Waals surface area (Å²) in [6, 6.07) is 15.4. The highest BCUT2D eigenvalue weighted by molar-refractivity contribution is 6.30. The van der Waals surface area contributed by atoms with Crippen molar-refractivity contribution in [1.82, 2.24) is 15.2 Å². The molecule has 3 rings (SSSR count). The molecule has 0 amide bonds. The number of nitrogens with one attached hydrogen (secondary N) is 2. The van der Waals surface area contributed by atoms with Gasteiger partial charge < -0.3 is 15.4 Å². The summed E-state index contributed by atoms with van der Waals surface area (Å²) in [5, 5.41) is 15.1. The Kier molecular flexibility index (Phi) is 5.64. The van der Waals surface area contributed by atoms with Crippen LogP contribution in [-0.2, 0) is 6.42 Å². The molecule has 0 atom stereocenters. The van der Waals surface area contributed by atoms with Crippen molar-refractivity contribution in [3.8, 4) is 5.75 Å². The van der Waals surface area contributed by atoms with Gasteiger partial charge in [-0.15, -0.1) is 5.10 Å². The summed E-state index contributed by atoms with van der Waals surface area (Å²) in [5.41, 5.74) is 2.09. The molecule has 25 heavy (non-hydrogen) atoms. The first-order chi connectivity index (χ1) is 12.2. The summed E-state index contributed by atoms with van der Waals surface area (Å²) in [5.74, 6) is 1.90. The van der Waals surface area contributed by atoms with Gasteiger partial charge >= 0.3 is 0 Å². The lowest BCUT2D eigenvalue weighted by Crippen LogP contribution is -2.09. The third-order valence-corrected chi connectivity index (χ3v) is 3.78. The van der Waals surface area contributed by atoms with Crippen molar-refractivity contribution in [2.45, 2.75) is 6.42 Å². The quantitative estimate of drug-likeness (QED) is 0.669. The maximum absolute atomic E-state index is 5.88. The SMILES string of the molecule is COc1ccc(Nc2cnnc(NCCc3ccc(Cl)cc3)n2)cc1. The number of halogens is 1. The van der Waals surface area contributed by atoms with Gasteiger partial charge in [0.25, 0.3) is 0 Å². The van der Waals surface area contributed by atoms with E-state index in [1.54, 1.807) is 13.3 Å². The van der Waals surface area contributed by atoms with Crippen molar-refractivity contribution in [1.29, 1.82) is 0 Å². The van der Waals surface area contributed by atoms with Gasteiger partial charge in [0.05, 0.1) is 13.3 Å². The Morgan fingerprint density at radius 3 is 2.52 bits per heavy atom. The smallest absolute Gasteiger partial charge is 0.244 e. The number of ether oxygens (including phenoxy) is 1. The van der Waals surface area contributed by atoms with E-state index in [-0.39, 0.29) is 0 Å². The summed E-state index contributed by atoms with van der Waals surface area (Å²) in [6.45, 7) is 0.704. The van der Waals surface area contributed by atoms with Crippen LogP contribution in [-0.4, -0.2) is 28.8 Å². The molecule has 0 spiro atoms. The fraction of sp³-hybridized carbons (Fsp3) is 0.167. The first-order valence-electron chi connectivity index (χ1n) is 7.82. The van der Waals surface area contributed by atoms with Crippen LogP contribution in [0, 0.1) is 0 Å². The van der Waals surface area contributed by atoms with Crippen molar-refractivity contribution in [3.05, 3.63) is 65.3 Å². The molecule has 0 radical (unpaired) electrons. The fourth-order valence-corrected chi connectivity index (χ4v) is 2.36. The molecule has 0 bridgehead atoms. The summed E-state index contributed by atoms with van der Waals surface area (Å²) in [4.78, 5) is 4.41. The van der Waals surface area contributed by atoms with Gasteiger partial charge in [0.1, 0.15) is 5.75 Å².